The van der Waals surface area contributed by atoms with Gasteiger partial charge in [-0.15, -0.1) is 11.3 Å². The Hall–Kier alpha value is -2.18. The van der Waals surface area contributed by atoms with Crippen LogP contribution in [0.15, 0.2) is 54.6 Å². The highest BCUT2D eigenvalue weighted by Crippen LogP contribution is 2.43. The molecule has 1 unspecified atom stereocenters. The molecule has 1 atom stereocenters. The second kappa shape index (κ2) is 9.53. The Kier molecular flexibility index (Phi) is 6.77. The Morgan fingerprint density at radius 2 is 1.74 bits per heavy atom. The molecule has 0 bridgehead atoms. The number of anilines is 1. The lowest BCUT2D eigenvalue weighted by Gasteiger charge is -2.39. The SMILES string of the molecule is Cc1sc(NC(=O)c2ccccc2)c(C(c2cccc(Cl)c2)N2CCN(C)CC2)c1C. The normalized spacial score (nSPS) is 16.3. The van der Waals surface area contributed by atoms with Gasteiger partial charge in [0.25, 0.3) is 5.91 Å². The van der Waals surface area contributed by atoms with Crippen molar-refractivity contribution in [3.63, 3.8) is 0 Å². The fourth-order valence-electron chi connectivity index (χ4n) is 4.15. The van der Waals surface area contributed by atoms with Crippen molar-refractivity contribution in [3.8, 4) is 0 Å². The van der Waals surface area contributed by atoms with Crippen molar-refractivity contribution in [3.05, 3.63) is 86.8 Å². The summed E-state index contributed by atoms with van der Waals surface area (Å²) in [5.74, 6) is -0.0775. The van der Waals surface area contributed by atoms with Gasteiger partial charge in [0, 0.05) is 47.2 Å². The number of thiophene rings is 1. The molecule has 6 heteroatoms. The van der Waals surface area contributed by atoms with Crippen LogP contribution in [0.3, 0.4) is 0 Å². The number of rotatable bonds is 5. The maximum absolute atomic E-state index is 13.0. The topological polar surface area (TPSA) is 35.6 Å². The maximum atomic E-state index is 13.0. The number of amides is 1. The minimum Gasteiger partial charge on any atom is -0.313 e. The summed E-state index contributed by atoms with van der Waals surface area (Å²) in [4.78, 5) is 19.1. The van der Waals surface area contributed by atoms with E-state index in [2.05, 4.69) is 48.1 Å². The highest BCUT2D eigenvalue weighted by Gasteiger charge is 2.31. The van der Waals surface area contributed by atoms with Crippen LogP contribution in [0.2, 0.25) is 5.02 Å². The van der Waals surface area contributed by atoms with E-state index in [1.165, 1.54) is 16.0 Å². The van der Waals surface area contributed by atoms with Crippen LogP contribution >= 0.6 is 22.9 Å². The summed E-state index contributed by atoms with van der Waals surface area (Å²) in [7, 11) is 2.16. The van der Waals surface area contributed by atoms with Crippen molar-refractivity contribution >= 4 is 33.8 Å². The minimum atomic E-state index is -0.0775. The lowest BCUT2D eigenvalue weighted by molar-refractivity contribution is 0.102. The van der Waals surface area contributed by atoms with Crippen LogP contribution in [0, 0.1) is 13.8 Å². The Morgan fingerprint density at radius 1 is 1.03 bits per heavy atom. The third-order valence-corrected chi connectivity index (χ3v) is 7.41. The monoisotopic (exact) mass is 453 g/mol. The summed E-state index contributed by atoms with van der Waals surface area (Å²) in [6, 6.07) is 17.6. The molecule has 0 radical (unpaired) electrons. The predicted octanol–water partition coefficient (Wildman–Crippen LogP) is 5.61. The highest BCUT2D eigenvalue weighted by molar-refractivity contribution is 7.16. The van der Waals surface area contributed by atoms with Gasteiger partial charge < -0.3 is 10.2 Å². The van der Waals surface area contributed by atoms with E-state index in [1.807, 2.05) is 42.5 Å². The van der Waals surface area contributed by atoms with E-state index in [4.69, 9.17) is 11.6 Å². The Labute approximate surface area is 193 Å². The first-order valence-electron chi connectivity index (χ1n) is 10.6. The summed E-state index contributed by atoms with van der Waals surface area (Å²) in [5.41, 5.74) is 4.24. The van der Waals surface area contributed by atoms with Gasteiger partial charge in [0.05, 0.1) is 6.04 Å². The zero-order valence-corrected chi connectivity index (χ0v) is 19.8. The lowest BCUT2D eigenvalue weighted by Crippen LogP contribution is -2.46. The summed E-state index contributed by atoms with van der Waals surface area (Å²) < 4.78 is 0. The van der Waals surface area contributed by atoms with Crippen molar-refractivity contribution in [2.75, 3.05) is 38.5 Å². The number of nitrogens with one attached hydrogen (secondary N) is 1. The molecule has 2 heterocycles. The molecule has 1 aliphatic rings. The van der Waals surface area contributed by atoms with E-state index in [9.17, 15) is 4.79 Å². The standard InChI is InChI=1S/C25H28ClN3OS/c1-17-18(2)31-25(27-24(30)19-8-5-4-6-9-19)22(17)23(20-10-7-11-21(26)16-20)29-14-12-28(3)13-15-29/h4-11,16,23H,12-15H2,1-3H3,(H,27,30). The van der Waals surface area contributed by atoms with Crippen LogP contribution in [0.5, 0.6) is 0 Å². The smallest absolute Gasteiger partial charge is 0.256 e. The van der Waals surface area contributed by atoms with Gasteiger partial charge in [0.1, 0.15) is 5.00 Å². The van der Waals surface area contributed by atoms with E-state index in [0.717, 1.165) is 41.8 Å². The predicted molar refractivity (Wildman–Crippen MR) is 131 cm³/mol. The molecule has 2 aromatic carbocycles. The number of piperazine rings is 1. The average molecular weight is 454 g/mol. The van der Waals surface area contributed by atoms with Crippen molar-refractivity contribution in [2.45, 2.75) is 19.9 Å². The number of carbonyl (C=O) groups excluding carboxylic acids is 1. The van der Waals surface area contributed by atoms with E-state index >= 15 is 0 Å². The lowest BCUT2D eigenvalue weighted by atomic mass is 9.94. The fourth-order valence-corrected chi connectivity index (χ4v) is 5.43. The third kappa shape index (κ3) is 4.85. The molecule has 3 aromatic rings. The number of hydrogen-bond acceptors (Lipinski definition) is 4. The number of aryl methyl sites for hydroxylation is 1. The summed E-state index contributed by atoms with van der Waals surface area (Å²) >= 11 is 8.05. The van der Waals surface area contributed by atoms with Crippen molar-refractivity contribution in [1.29, 1.82) is 0 Å². The Balaban J connectivity index is 1.76. The zero-order valence-electron chi connectivity index (χ0n) is 18.2. The van der Waals surface area contributed by atoms with Crippen LogP contribution in [-0.4, -0.2) is 48.9 Å². The van der Waals surface area contributed by atoms with Gasteiger partial charge in [-0.1, -0.05) is 41.9 Å². The molecule has 0 saturated carbocycles. The Bertz CT molecular complexity index is 1060. The second-order valence-electron chi connectivity index (χ2n) is 8.14. The van der Waals surface area contributed by atoms with Crippen molar-refractivity contribution in [1.82, 2.24) is 9.80 Å². The molecule has 0 spiro atoms. The van der Waals surface area contributed by atoms with Gasteiger partial charge in [0.2, 0.25) is 0 Å². The highest BCUT2D eigenvalue weighted by atomic mass is 35.5. The molecule has 0 aliphatic carbocycles. The van der Waals surface area contributed by atoms with Crippen LogP contribution < -0.4 is 5.32 Å². The molecule has 1 amide bonds. The molecule has 1 N–H and O–H groups in total. The minimum absolute atomic E-state index is 0.0448. The fraction of sp³-hybridized carbons (Fsp3) is 0.320. The molecule has 31 heavy (non-hydrogen) atoms. The summed E-state index contributed by atoms with van der Waals surface area (Å²) in [6.45, 7) is 8.26. The van der Waals surface area contributed by atoms with Crippen LogP contribution in [0.1, 0.15) is 38.0 Å². The van der Waals surface area contributed by atoms with Crippen LogP contribution in [0.25, 0.3) is 0 Å². The first-order valence-corrected chi connectivity index (χ1v) is 11.8. The number of carbonyl (C=O) groups is 1. The van der Waals surface area contributed by atoms with Crippen molar-refractivity contribution in [2.24, 2.45) is 0 Å². The maximum Gasteiger partial charge on any atom is 0.256 e. The van der Waals surface area contributed by atoms with Gasteiger partial charge in [-0.3, -0.25) is 9.69 Å². The third-order valence-electron chi connectivity index (χ3n) is 6.04. The molecule has 4 rings (SSSR count). The molecule has 162 valence electrons. The molecule has 1 aliphatic heterocycles. The largest absolute Gasteiger partial charge is 0.313 e. The number of likely N-dealkylation sites (N-methyl/N-ethyl adjacent to an activating group) is 1. The van der Waals surface area contributed by atoms with Gasteiger partial charge in [-0.2, -0.15) is 0 Å². The molecule has 1 aromatic heterocycles. The second-order valence-corrected chi connectivity index (χ2v) is 9.80. The first-order chi connectivity index (χ1) is 14.9. The first kappa shape index (κ1) is 22.0. The molecule has 4 nitrogen and oxygen atoms in total. The van der Waals surface area contributed by atoms with Gasteiger partial charge >= 0.3 is 0 Å². The molecular formula is C25H28ClN3OS. The van der Waals surface area contributed by atoms with Gasteiger partial charge in [-0.25, -0.2) is 0 Å². The van der Waals surface area contributed by atoms with E-state index in [1.54, 1.807) is 11.3 Å². The average Bonchev–Trinajstić information content (AvgIpc) is 3.04. The van der Waals surface area contributed by atoms with E-state index in [-0.39, 0.29) is 11.9 Å². The molecule has 1 fully saturated rings. The quantitative estimate of drug-likeness (QED) is 0.545. The van der Waals surface area contributed by atoms with E-state index < -0.39 is 0 Å². The summed E-state index contributed by atoms with van der Waals surface area (Å²) in [6.07, 6.45) is 0. The number of nitrogens with zero attached hydrogens (tertiary/aromatic N) is 2. The van der Waals surface area contributed by atoms with Crippen molar-refractivity contribution < 1.29 is 4.79 Å². The number of halogens is 1. The molecular weight excluding hydrogens is 426 g/mol. The zero-order chi connectivity index (χ0) is 22.0. The number of benzene rings is 2. The summed E-state index contributed by atoms with van der Waals surface area (Å²) in [5, 5.41) is 4.87. The molecule has 1 saturated heterocycles. The number of hydrogen-bond donors (Lipinski definition) is 1. The van der Waals surface area contributed by atoms with Crippen LogP contribution in [0.4, 0.5) is 5.00 Å². The van der Waals surface area contributed by atoms with Gasteiger partial charge in [-0.05, 0) is 56.3 Å². The van der Waals surface area contributed by atoms with E-state index in [0.29, 0.717) is 5.56 Å². The Morgan fingerprint density at radius 3 is 2.42 bits per heavy atom. The van der Waals surface area contributed by atoms with Crippen LogP contribution in [-0.2, 0) is 0 Å². The van der Waals surface area contributed by atoms with Gasteiger partial charge in [0.15, 0.2) is 0 Å².